The fourth-order valence-corrected chi connectivity index (χ4v) is 1.74. The third kappa shape index (κ3) is 1.83. The minimum Gasteiger partial charge on any atom is -0.408 e. The Hall–Kier alpha value is -2.08. The second-order valence-corrected chi connectivity index (χ2v) is 4.07. The maximum atomic E-state index is 11.7. The van der Waals surface area contributed by atoms with Gasteiger partial charge in [0, 0.05) is 24.8 Å². The maximum absolute atomic E-state index is 11.7. The Morgan fingerprint density at radius 1 is 1.41 bits per heavy atom. The fraction of sp³-hybridized carbons (Fsp3) is 0.273. The molecule has 1 aliphatic heterocycles. The number of rotatable bonds is 2. The van der Waals surface area contributed by atoms with E-state index >= 15 is 0 Å². The average Bonchev–Trinajstić information content (AvgIpc) is 2.54. The van der Waals surface area contributed by atoms with Crippen LogP contribution in [0.4, 0.5) is 5.69 Å². The van der Waals surface area contributed by atoms with E-state index in [-0.39, 0.29) is 11.8 Å². The predicted octanol–water partition coefficient (Wildman–Crippen LogP) is 0.279. The summed E-state index contributed by atoms with van der Waals surface area (Å²) in [6.07, 6.45) is 0. The Morgan fingerprint density at radius 2 is 2.24 bits per heavy atom. The molecule has 6 heteroatoms. The lowest BCUT2D eigenvalue weighted by atomic mass is 10.0. The topological polar surface area (TPSA) is 87.1 Å². The molecule has 0 saturated carbocycles. The Balaban J connectivity index is 1.84. The smallest absolute Gasteiger partial charge is 0.408 e. The molecular formula is C11H11N3O3. The van der Waals surface area contributed by atoms with Crippen LogP contribution in [-0.2, 0) is 4.79 Å². The van der Waals surface area contributed by atoms with Crippen LogP contribution >= 0.6 is 0 Å². The Morgan fingerprint density at radius 3 is 2.94 bits per heavy atom. The molecule has 1 amide bonds. The maximum Gasteiger partial charge on any atom is 0.417 e. The number of aromatic nitrogens is 1. The van der Waals surface area contributed by atoms with Gasteiger partial charge in [0.2, 0.25) is 5.91 Å². The first-order valence-electron chi connectivity index (χ1n) is 5.37. The summed E-state index contributed by atoms with van der Waals surface area (Å²) >= 11 is 0. The monoisotopic (exact) mass is 233 g/mol. The van der Waals surface area contributed by atoms with Gasteiger partial charge in [0.25, 0.3) is 0 Å². The number of nitrogens with one attached hydrogen (secondary N) is 3. The predicted molar refractivity (Wildman–Crippen MR) is 61.8 cm³/mol. The highest BCUT2D eigenvalue weighted by atomic mass is 16.4. The molecule has 0 atom stereocenters. The Kier molecular flexibility index (Phi) is 2.22. The molecule has 6 nitrogen and oxygen atoms in total. The number of H-pyrrole nitrogens is 1. The summed E-state index contributed by atoms with van der Waals surface area (Å²) in [4.78, 5) is 25.2. The van der Waals surface area contributed by atoms with Crippen molar-refractivity contribution in [2.45, 2.75) is 0 Å². The van der Waals surface area contributed by atoms with Gasteiger partial charge in [0.1, 0.15) is 0 Å². The lowest BCUT2D eigenvalue weighted by Crippen LogP contribution is -2.48. The molecule has 1 fully saturated rings. The minimum absolute atomic E-state index is 0.0130. The molecule has 0 spiro atoms. The van der Waals surface area contributed by atoms with E-state index in [1.54, 1.807) is 18.2 Å². The Bertz CT molecular complexity index is 624. The third-order valence-electron chi connectivity index (χ3n) is 2.84. The summed E-state index contributed by atoms with van der Waals surface area (Å²) in [7, 11) is 0. The molecule has 3 N–H and O–H groups in total. The van der Waals surface area contributed by atoms with Crippen molar-refractivity contribution < 1.29 is 9.21 Å². The second kappa shape index (κ2) is 3.74. The van der Waals surface area contributed by atoms with Crippen molar-refractivity contribution in [3.8, 4) is 0 Å². The van der Waals surface area contributed by atoms with Crippen LogP contribution in [0.3, 0.4) is 0 Å². The number of anilines is 1. The quantitative estimate of drug-likeness (QED) is 0.695. The third-order valence-corrected chi connectivity index (χ3v) is 2.84. The Labute approximate surface area is 96.0 Å². The normalized spacial score (nSPS) is 15.8. The molecule has 1 saturated heterocycles. The van der Waals surface area contributed by atoms with Crippen LogP contribution in [0.1, 0.15) is 0 Å². The fourth-order valence-electron chi connectivity index (χ4n) is 1.74. The zero-order valence-corrected chi connectivity index (χ0v) is 8.95. The van der Waals surface area contributed by atoms with Gasteiger partial charge >= 0.3 is 5.76 Å². The first kappa shape index (κ1) is 10.1. The molecule has 0 radical (unpaired) electrons. The van der Waals surface area contributed by atoms with Crippen molar-refractivity contribution in [2.24, 2.45) is 5.92 Å². The molecule has 0 bridgehead atoms. The lowest BCUT2D eigenvalue weighted by Gasteiger charge is -2.25. The number of fused-ring (bicyclic) bond motifs is 1. The van der Waals surface area contributed by atoms with Crippen LogP contribution in [0.15, 0.2) is 27.4 Å². The standard InChI is InChI=1S/C11H11N3O3/c15-10(6-4-12-5-6)13-7-1-2-8-9(3-7)17-11(16)14-8/h1-3,6,12H,4-5H2,(H,13,15)(H,14,16). The van der Waals surface area contributed by atoms with Crippen LogP contribution in [0.5, 0.6) is 0 Å². The van der Waals surface area contributed by atoms with Crippen LogP contribution in [-0.4, -0.2) is 24.0 Å². The molecule has 1 aromatic heterocycles. The van der Waals surface area contributed by atoms with E-state index in [4.69, 9.17) is 4.42 Å². The molecular weight excluding hydrogens is 222 g/mol. The summed E-state index contributed by atoms with van der Waals surface area (Å²) in [6.45, 7) is 1.43. The first-order valence-corrected chi connectivity index (χ1v) is 5.37. The van der Waals surface area contributed by atoms with Gasteiger partial charge < -0.3 is 15.1 Å². The molecule has 17 heavy (non-hydrogen) atoms. The summed E-state index contributed by atoms with van der Waals surface area (Å²) in [5.74, 6) is -0.475. The largest absolute Gasteiger partial charge is 0.417 e. The van der Waals surface area contributed by atoms with E-state index in [0.717, 1.165) is 0 Å². The number of oxazole rings is 1. The van der Waals surface area contributed by atoms with Crippen molar-refractivity contribution in [1.29, 1.82) is 0 Å². The number of amides is 1. The van der Waals surface area contributed by atoms with Crippen molar-refractivity contribution in [2.75, 3.05) is 18.4 Å². The van der Waals surface area contributed by atoms with E-state index in [0.29, 0.717) is 29.9 Å². The van der Waals surface area contributed by atoms with Gasteiger partial charge in [-0.05, 0) is 12.1 Å². The first-order chi connectivity index (χ1) is 8.22. The number of carbonyl (C=O) groups excluding carboxylic acids is 1. The summed E-state index contributed by atoms with van der Waals surface area (Å²) in [5, 5.41) is 5.83. The van der Waals surface area contributed by atoms with E-state index in [9.17, 15) is 9.59 Å². The van der Waals surface area contributed by atoms with Crippen molar-refractivity contribution in [3.05, 3.63) is 28.7 Å². The molecule has 3 rings (SSSR count). The molecule has 2 heterocycles. The highest BCUT2D eigenvalue weighted by Crippen LogP contribution is 2.17. The van der Waals surface area contributed by atoms with Crippen molar-refractivity contribution in [3.63, 3.8) is 0 Å². The number of hydrogen-bond acceptors (Lipinski definition) is 4. The molecule has 2 aromatic rings. The van der Waals surface area contributed by atoms with Crippen molar-refractivity contribution >= 4 is 22.7 Å². The van der Waals surface area contributed by atoms with Crippen LogP contribution < -0.4 is 16.4 Å². The SMILES string of the molecule is O=C(Nc1ccc2[nH]c(=O)oc2c1)C1CNC1. The van der Waals surface area contributed by atoms with Crippen LogP contribution in [0.2, 0.25) is 0 Å². The van der Waals surface area contributed by atoms with Gasteiger partial charge in [-0.1, -0.05) is 0 Å². The average molecular weight is 233 g/mol. The van der Waals surface area contributed by atoms with Crippen LogP contribution in [0.25, 0.3) is 11.1 Å². The number of aromatic amines is 1. The highest BCUT2D eigenvalue weighted by molar-refractivity contribution is 5.94. The van der Waals surface area contributed by atoms with E-state index in [1.165, 1.54) is 0 Å². The van der Waals surface area contributed by atoms with Gasteiger partial charge in [-0.2, -0.15) is 0 Å². The van der Waals surface area contributed by atoms with Gasteiger partial charge in [-0.15, -0.1) is 0 Å². The highest BCUT2D eigenvalue weighted by Gasteiger charge is 2.24. The van der Waals surface area contributed by atoms with E-state index in [2.05, 4.69) is 15.6 Å². The second-order valence-electron chi connectivity index (χ2n) is 4.07. The number of hydrogen-bond donors (Lipinski definition) is 3. The zero-order chi connectivity index (χ0) is 11.8. The minimum atomic E-state index is -0.494. The van der Waals surface area contributed by atoms with E-state index < -0.39 is 5.76 Å². The molecule has 88 valence electrons. The van der Waals surface area contributed by atoms with Crippen molar-refractivity contribution in [1.82, 2.24) is 10.3 Å². The van der Waals surface area contributed by atoms with Crippen LogP contribution in [0, 0.1) is 5.92 Å². The summed E-state index contributed by atoms with van der Waals surface area (Å²) in [5.41, 5.74) is 1.70. The zero-order valence-electron chi connectivity index (χ0n) is 8.95. The molecule has 1 aromatic carbocycles. The summed E-state index contributed by atoms with van der Waals surface area (Å²) in [6, 6.07) is 5.07. The molecule has 0 unspecified atom stereocenters. The number of benzene rings is 1. The van der Waals surface area contributed by atoms with Gasteiger partial charge in [0.15, 0.2) is 5.58 Å². The summed E-state index contributed by atoms with van der Waals surface area (Å²) < 4.78 is 4.92. The lowest BCUT2D eigenvalue weighted by molar-refractivity contribution is -0.121. The van der Waals surface area contributed by atoms with Gasteiger partial charge in [-0.3, -0.25) is 9.78 Å². The molecule has 0 aliphatic carbocycles. The molecule has 1 aliphatic rings. The van der Waals surface area contributed by atoms with Gasteiger partial charge in [-0.25, -0.2) is 4.79 Å². The van der Waals surface area contributed by atoms with E-state index in [1.807, 2.05) is 0 Å². The van der Waals surface area contributed by atoms with Gasteiger partial charge in [0.05, 0.1) is 11.4 Å². The number of carbonyl (C=O) groups is 1.